The molecule has 0 bridgehead atoms. The Morgan fingerprint density at radius 1 is 0.232 bits per heavy atom. The molecule has 17 aromatic rings. The van der Waals surface area contributed by atoms with Gasteiger partial charge in [0.2, 0.25) is 11.9 Å². The molecule has 526 valence electrons. The number of halogens is 2. The molecule has 8 nitrogen and oxygen atoms in total. The third-order valence-corrected chi connectivity index (χ3v) is 22.3. The van der Waals surface area contributed by atoms with Gasteiger partial charge in [0, 0.05) is 96.2 Å². The number of hydrogen-bond acceptors (Lipinski definition) is 8. The van der Waals surface area contributed by atoms with E-state index in [-0.39, 0.29) is 6.71 Å². The number of benzene rings is 15. The molecule has 0 unspecified atom stereocenters. The zero-order valence-corrected chi connectivity index (χ0v) is 60.6. The van der Waals surface area contributed by atoms with E-state index in [2.05, 4.69) is 367 Å². The first-order valence-corrected chi connectivity index (χ1v) is 37.9. The molecule has 0 spiro atoms. The lowest BCUT2D eigenvalue weighted by molar-refractivity contribution is 0.585. The first-order valence-electron chi connectivity index (χ1n) is 37.9. The van der Waals surface area contributed by atoms with E-state index in [4.69, 9.17) is 0 Å². The molecular formula is C100H66B2F2N8. The van der Waals surface area contributed by atoms with Crippen LogP contribution >= 0.6 is 0 Å². The number of pyridine rings is 2. The predicted molar refractivity (Wildman–Crippen MR) is 461 cm³/mol. The fourth-order valence-corrected chi connectivity index (χ4v) is 17.8. The SMILES string of the molecule is Fc1cccc(-c2ccccc2N(c2ccccc2)c2cc3c4c(c2)N(c2ccccc2-c2cccc(F)n2)c2ccccc2B4c2cc4c(cc2N3c2ccccc2)N(c2c(-c3ccccc3)cccc2-c2ccccc2)c2cc(N(c3ccccc3)c3ccccc3)cc3c2B4c2ccccc2N3c2ccccc2)n1. The van der Waals surface area contributed by atoms with Crippen LogP contribution in [0, 0.1) is 11.9 Å². The standard InChI is InChI=1S/C100H66B2F2N8/c103-96-59-31-53-84(105-96)78-47-22-26-55-86(78)108(71-41-16-5-17-42-71)75-63-93-98-94(64-75)111(87-56-27-23-48-79(87)85-54-32-60-97(104)106-85)89-58-29-25-52-81(89)102(98)82-65-83-91(66-90(82)110(93)73-45-20-7-21-46-73)112(100-76(67-33-8-1-9-34-67)49-30-50-77(100)68-35-10-2-11-36-68)95-62-74(107(69-37-12-3-13-38-69)70-39-14-4-15-40-70)61-92-99(95)101(83)80-51-24-28-57-88(80)109(92)72-43-18-6-19-44-72/h1-66H. The molecular weight excluding hydrogens is 1370 g/mol. The number of fused-ring (bicyclic) bond motifs is 8. The van der Waals surface area contributed by atoms with Gasteiger partial charge in [-0.1, -0.05) is 261 Å². The fraction of sp³-hybridized carbons (Fsp3) is 0. The largest absolute Gasteiger partial charge is 0.311 e. The summed E-state index contributed by atoms with van der Waals surface area (Å²) in [6, 6.07) is 141. The summed E-state index contributed by atoms with van der Waals surface area (Å²) in [6.07, 6.45) is 0. The average Bonchev–Trinajstić information content (AvgIpc) is 0.680. The molecule has 0 amide bonds. The summed E-state index contributed by atoms with van der Waals surface area (Å²) in [5, 5.41) is 0. The molecule has 112 heavy (non-hydrogen) atoms. The van der Waals surface area contributed by atoms with Gasteiger partial charge in [0.15, 0.2) is 0 Å². The lowest BCUT2D eigenvalue weighted by Gasteiger charge is -2.48. The van der Waals surface area contributed by atoms with Crippen LogP contribution < -0.4 is 62.2 Å². The zero-order valence-electron chi connectivity index (χ0n) is 60.6. The second kappa shape index (κ2) is 27.3. The molecule has 0 aliphatic carbocycles. The Morgan fingerprint density at radius 2 is 0.589 bits per heavy atom. The molecule has 4 aliphatic heterocycles. The Balaban J connectivity index is 0.922. The minimum Gasteiger partial charge on any atom is -0.311 e. The maximum atomic E-state index is 15.8. The lowest BCUT2D eigenvalue weighted by atomic mass is 9.30. The van der Waals surface area contributed by atoms with Gasteiger partial charge < -0.3 is 29.4 Å². The predicted octanol–water partition coefficient (Wildman–Crippen LogP) is 22.5. The third-order valence-electron chi connectivity index (χ3n) is 22.3. The first kappa shape index (κ1) is 65.7. The van der Waals surface area contributed by atoms with Gasteiger partial charge in [-0.05, 0) is 183 Å². The molecule has 15 aromatic carbocycles. The minimum atomic E-state index is -0.575. The fourth-order valence-electron chi connectivity index (χ4n) is 17.8. The van der Waals surface area contributed by atoms with Gasteiger partial charge in [-0.25, -0.2) is 9.97 Å². The van der Waals surface area contributed by atoms with Gasteiger partial charge in [0.1, 0.15) is 0 Å². The Labute approximate surface area is 649 Å². The summed E-state index contributed by atoms with van der Waals surface area (Å²) in [4.78, 5) is 23.9. The van der Waals surface area contributed by atoms with Crippen LogP contribution in [0.2, 0.25) is 0 Å². The van der Waals surface area contributed by atoms with E-state index in [0.717, 1.165) is 163 Å². The summed E-state index contributed by atoms with van der Waals surface area (Å²) in [5.74, 6) is -1.15. The van der Waals surface area contributed by atoms with Crippen LogP contribution in [0.1, 0.15) is 0 Å². The van der Waals surface area contributed by atoms with Crippen molar-refractivity contribution in [1.29, 1.82) is 0 Å². The average molecular weight is 1440 g/mol. The molecule has 0 saturated carbocycles. The van der Waals surface area contributed by atoms with E-state index in [0.29, 0.717) is 11.4 Å². The third kappa shape index (κ3) is 10.9. The van der Waals surface area contributed by atoms with Crippen molar-refractivity contribution in [2.24, 2.45) is 0 Å². The monoisotopic (exact) mass is 1440 g/mol. The van der Waals surface area contributed by atoms with Crippen LogP contribution in [0.15, 0.2) is 400 Å². The smallest absolute Gasteiger partial charge is 0.252 e. The molecule has 4 aliphatic rings. The molecule has 0 atom stereocenters. The van der Waals surface area contributed by atoms with Crippen LogP contribution in [0.3, 0.4) is 0 Å². The van der Waals surface area contributed by atoms with Crippen LogP contribution in [0.5, 0.6) is 0 Å². The Hall–Kier alpha value is -14.6. The highest BCUT2D eigenvalue weighted by Crippen LogP contribution is 2.56. The molecule has 0 fully saturated rings. The van der Waals surface area contributed by atoms with Crippen LogP contribution in [-0.4, -0.2) is 23.4 Å². The molecule has 21 rings (SSSR count). The number of rotatable bonds is 14. The number of nitrogens with zero attached hydrogens (tertiary/aromatic N) is 8. The zero-order chi connectivity index (χ0) is 74.3. The number of aromatic nitrogens is 2. The van der Waals surface area contributed by atoms with Crippen molar-refractivity contribution in [1.82, 2.24) is 9.97 Å². The molecule has 0 N–H and O–H groups in total. The second-order valence-electron chi connectivity index (χ2n) is 28.6. The van der Waals surface area contributed by atoms with E-state index in [1.54, 1.807) is 12.1 Å². The number of hydrogen-bond donors (Lipinski definition) is 0. The van der Waals surface area contributed by atoms with Gasteiger partial charge >= 0.3 is 0 Å². The summed E-state index contributed by atoms with van der Waals surface area (Å²) < 4.78 is 31.5. The second-order valence-corrected chi connectivity index (χ2v) is 28.6. The van der Waals surface area contributed by atoms with Crippen LogP contribution in [-0.2, 0) is 0 Å². The molecule has 2 aromatic heterocycles. The molecule has 6 heterocycles. The normalized spacial score (nSPS) is 12.6. The molecule has 0 saturated heterocycles. The summed E-state index contributed by atoms with van der Waals surface area (Å²) in [6.45, 7) is -0.738. The maximum Gasteiger partial charge on any atom is 0.252 e. The molecule has 0 radical (unpaired) electrons. The summed E-state index contributed by atoms with van der Waals surface area (Å²) >= 11 is 0. The topological polar surface area (TPSA) is 45.2 Å². The maximum absolute atomic E-state index is 15.8. The highest BCUT2D eigenvalue weighted by Gasteiger charge is 2.50. The summed E-state index contributed by atoms with van der Waals surface area (Å²) in [5.41, 5.74) is 30.7. The van der Waals surface area contributed by atoms with Crippen molar-refractivity contribution in [3.05, 3.63) is 412 Å². The summed E-state index contributed by atoms with van der Waals surface area (Å²) in [7, 11) is 0. The lowest BCUT2D eigenvalue weighted by Crippen LogP contribution is -2.65. The Kier molecular flexibility index (Phi) is 16.0. The van der Waals surface area contributed by atoms with Crippen molar-refractivity contribution in [2.75, 3.05) is 29.4 Å². The van der Waals surface area contributed by atoms with Crippen molar-refractivity contribution < 1.29 is 8.78 Å². The van der Waals surface area contributed by atoms with E-state index < -0.39 is 18.6 Å². The number of anilines is 18. The van der Waals surface area contributed by atoms with E-state index >= 15 is 8.78 Å². The number of para-hydroxylation sites is 10. The van der Waals surface area contributed by atoms with E-state index in [1.807, 2.05) is 48.5 Å². The van der Waals surface area contributed by atoms with Gasteiger partial charge in [0.25, 0.3) is 13.4 Å². The van der Waals surface area contributed by atoms with Crippen molar-refractivity contribution >= 4 is 149 Å². The quantitative estimate of drug-likeness (QED) is 0.0788. The van der Waals surface area contributed by atoms with Crippen molar-refractivity contribution in [3.63, 3.8) is 0 Å². The molecule has 12 heteroatoms. The Morgan fingerprint density at radius 3 is 1.10 bits per heavy atom. The Bertz CT molecular complexity index is 6390. The van der Waals surface area contributed by atoms with E-state index in [1.165, 1.54) is 17.6 Å². The van der Waals surface area contributed by atoms with Gasteiger partial charge in [-0.3, -0.25) is 0 Å². The first-order chi connectivity index (χ1) is 55.5. The highest BCUT2D eigenvalue weighted by atomic mass is 19.1. The van der Waals surface area contributed by atoms with Gasteiger partial charge in [0.05, 0.1) is 39.8 Å². The van der Waals surface area contributed by atoms with Crippen molar-refractivity contribution in [2.45, 2.75) is 0 Å². The van der Waals surface area contributed by atoms with Gasteiger partial charge in [-0.15, -0.1) is 0 Å². The van der Waals surface area contributed by atoms with E-state index in [9.17, 15) is 0 Å². The van der Waals surface area contributed by atoms with Crippen molar-refractivity contribution in [3.8, 4) is 44.8 Å². The van der Waals surface area contributed by atoms with Gasteiger partial charge in [-0.2, -0.15) is 8.78 Å². The highest BCUT2D eigenvalue weighted by molar-refractivity contribution is 7.03. The minimum absolute atomic E-state index is 0.334. The van der Waals surface area contributed by atoms with Crippen LogP contribution in [0.25, 0.3) is 44.8 Å². The van der Waals surface area contributed by atoms with Crippen LogP contribution in [0.4, 0.5) is 111 Å².